The summed E-state index contributed by atoms with van der Waals surface area (Å²) >= 11 is 0. The molecule has 0 unspecified atom stereocenters. The van der Waals surface area contributed by atoms with Crippen LogP contribution in [0.25, 0.3) is 132 Å². The van der Waals surface area contributed by atoms with Gasteiger partial charge in [-0.15, -0.1) is 0 Å². The van der Waals surface area contributed by atoms with Crippen LogP contribution < -0.4 is 4.74 Å². The van der Waals surface area contributed by atoms with E-state index in [9.17, 15) is 0 Å². The average Bonchev–Trinajstić information content (AvgIpc) is 4.18. The minimum Gasteiger partial charge on any atom is -0.497 e. The van der Waals surface area contributed by atoms with Crippen molar-refractivity contribution in [3.8, 4) is 94.8 Å². The fourth-order valence-electron chi connectivity index (χ4n) is 15.3. The highest BCUT2D eigenvalue weighted by Crippen LogP contribution is 2.56. The van der Waals surface area contributed by atoms with E-state index in [1.165, 1.54) is 165 Å². The number of fused-ring (bicyclic) bond motifs is 13. The van der Waals surface area contributed by atoms with Gasteiger partial charge in [-0.1, -0.05) is 236 Å². The third-order valence-corrected chi connectivity index (χ3v) is 19.4. The average molecular weight is 1040 g/mol. The molecule has 0 radical (unpaired) electrons. The molecule has 0 saturated heterocycles. The first kappa shape index (κ1) is 47.7. The molecular formula is C80H60O. The van der Waals surface area contributed by atoms with E-state index in [0.29, 0.717) is 0 Å². The molecule has 386 valence electrons. The van der Waals surface area contributed by atoms with Crippen LogP contribution in [0.4, 0.5) is 0 Å². The van der Waals surface area contributed by atoms with Gasteiger partial charge in [-0.05, 0) is 208 Å². The summed E-state index contributed by atoms with van der Waals surface area (Å²) in [6.45, 7) is 14.5. The zero-order chi connectivity index (χ0) is 54.7. The minimum absolute atomic E-state index is 0.0820. The number of hydrogen-bond donors (Lipinski definition) is 0. The quantitative estimate of drug-likeness (QED) is 0.151. The molecule has 13 aromatic carbocycles. The number of hydrogen-bond acceptors (Lipinski definition) is 1. The van der Waals surface area contributed by atoms with Crippen molar-refractivity contribution in [3.63, 3.8) is 0 Å². The van der Waals surface area contributed by atoms with Gasteiger partial charge < -0.3 is 4.74 Å². The maximum absolute atomic E-state index is 5.56. The van der Waals surface area contributed by atoms with Gasteiger partial charge >= 0.3 is 0 Å². The second-order valence-electron chi connectivity index (χ2n) is 24.6. The highest BCUT2D eigenvalue weighted by molar-refractivity contribution is 6.23. The fraction of sp³-hybridized carbons (Fsp3) is 0.125. The summed E-state index contributed by atoms with van der Waals surface area (Å²) in [7, 11) is 1.73. The Kier molecular flexibility index (Phi) is 10.1. The van der Waals surface area contributed by atoms with Crippen LogP contribution >= 0.6 is 0 Å². The molecule has 0 heterocycles. The second kappa shape index (κ2) is 17.1. The number of rotatable bonds is 6. The molecule has 3 aliphatic rings. The van der Waals surface area contributed by atoms with Gasteiger partial charge in [0.1, 0.15) is 5.75 Å². The van der Waals surface area contributed by atoms with Crippen LogP contribution in [0.2, 0.25) is 0 Å². The van der Waals surface area contributed by atoms with Crippen LogP contribution in [-0.4, -0.2) is 7.11 Å². The Morgan fingerprint density at radius 1 is 0.222 bits per heavy atom. The van der Waals surface area contributed by atoms with Gasteiger partial charge in [0.25, 0.3) is 0 Å². The molecule has 0 bridgehead atoms. The molecule has 0 amide bonds. The lowest BCUT2D eigenvalue weighted by atomic mass is 9.79. The highest BCUT2D eigenvalue weighted by atomic mass is 16.5. The van der Waals surface area contributed by atoms with Crippen molar-refractivity contribution in [2.75, 3.05) is 7.11 Å². The Morgan fingerprint density at radius 2 is 0.457 bits per heavy atom. The molecule has 13 aromatic rings. The van der Waals surface area contributed by atoms with Crippen molar-refractivity contribution < 1.29 is 4.74 Å². The smallest absolute Gasteiger partial charge is 0.118 e. The number of methoxy groups -OCH3 is 1. The van der Waals surface area contributed by atoms with Crippen LogP contribution in [0.3, 0.4) is 0 Å². The first-order valence-electron chi connectivity index (χ1n) is 28.8. The molecule has 0 aliphatic heterocycles. The van der Waals surface area contributed by atoms with Crippen LogP contribution in [0.1, 0.15) is 74.9 Å². The van der Waals surface area contributed by atoms with Crippen molar-refractivity contribution in [2.45, 2.75) is 57.8 Å². The first-order valence-corrected chi connectivity index (χ1v) is 28.8. The van der Waals surface area contributed by atoms with Crippen molar-refractivity contribution in [3.05, 3.63) is 270 Å². The van der Waals surface area contributed by atoms with E-state index in [4.69, 9.17) is 4.74 Å². The maximum atomic E-state index is 5.56. The van der Waals surface area contributed by atoms with E-state index in [2.05, 4.69) is 278 Å². The normalized spacial score (nSPS) is 14.7. The Hall–Kier alpha value is -9.30. The molecule has 0 N–H and O–H groups in total. The second-order valence-corrected chi connectivity index (χ2v) is 24.6. The summed E-state index contributed by atoms with van der Waals surface area (Å²) in [5.41, 5.74) is 28.4. The summed E-state index contributed by atoms with van der Waals surface area (Å²) in [5.74, 6) is 0.860. The molecule has 16 rings (SSSR count). The van der Waals surface area contributed by atoms with Gasteiger partial charge in [0.05, 0.1) is 7.11 Å². The van der Waals surface area contributed by atoms with Crippen molar-refractivity contribution in [2.24, 2.45) is 0 Å². The summed E-state index contributed by atoms with van der Waals surface area (Å²) in [5, 5.41) is 10.1. The third-order valence-electron chi connectivity index (χ3n) is 19.4. The lowest BCUT2D eigenvalue weighted by Crippen LogP contribution is -2.15. The van der Waals surface area contributed by atoms with E-state index >= 15 is 0 Å². The van der Waals surface area contributed by atoms with Crippen molar-refractivity contribution in [1.29, 1.82) is 0 Å². The van der Waals surface area contributed by atoms with E-state index in [0.717, 1.165) is 5.75 Å². The maximum Gasteiger partial charge on any atom is 0.118 e. The molecule has 0 saturated carbocycles. The molecule has 3 aliphatic carbocycles. The Balaban J connectivity index is 0.755. The van der Waals surface area contributed by atoms with Gasteiger partial charge in [0.2, 0.25) is 0 Å². The molecule has 1 heteroatoms. The van der Waals surface area contributed by atoms with Gasteiger partial charge in [-0.2, -0.15) is 0 Å². The van der Waals surface area contributed by atoms with Gasteiger partial charge in [-0.3, -0.25) is 0 Å². The standard InChI is InChI=1S/C80H60O/c1-78(2)68-27-17-16-18-54(68)55-39-32-50(44-71(55)78)76-64-23-12-14-25-66(64)77(67-26-15-13-24-65(67)76)52-34-41-59-57-38-31-49(43-70(57)80(5,6)73(59)46-52)48-30-37-56-58-40-33-51(45-72(58)79(3,4)69(56)42-48)75-62-21-10-8-19-60(62)74(61-20-9-11-22-63(61)75)47-28-35-53(81-7)36-29-47/h8-46H,1-7H3. The Morgan fingerprint density at radius 3 is 0.778 bits per heavy atom. The molecule has 81 heavy (non-hydrogen) atoms. The predicted octanol–water partition coefficient (Wildman–Crippen LogP) is 21.6. The zero-order valence-corrected chi connectivity index (χ0v) is 46.9. The largest absolute Gasteiger partial charge is 0.497 e. The molecule has 0 aromatic heterocycles. The van der Waals surface area contributed by atoms with Crippen molar-refractivity contribution >= 4 is 43.1 Å². The minimum atomic E-state index is -0.221. The number of ether oxygens (including phenoxy) is 1. The van der Waals surface area contributed by atoms with E-state index in [1.807, 2.05) is 0 Å². The Labute approximate surface area is 474 Å². The van der Waals surface area contributed by atoms with Gasteiger partial charge in [0.15, 0.2) is 0 Å². The summed E-state index contributed by atoms with van der Waals surface area (Å²) in [6.07, 6.45) is 0. The lowest BCUT2D eigenvalue weighted by Gasteiger charge is -2.24. The zero-order valence-electron chi connectivity index (χ0n) is 46.9. The van der Waals surface area contributed by atoms with E-state index in [1.54, 1.807) is 7.11 Å². The van der Waals surface area contributed by atoms with Gasteiger partial charge in [0, 0.05) is 16.2 Å². The summed E-state index contributed by atoms with van der Waals surface area (Å²) in [4.78, 5) is 0. The van der Waals surface area contributed by atoms with Crippen LogP contribution in [0, 0.1) is 0 Å². The van der Waals surface area contributed by atoms with Crippen LogP contribution in [-0.2, 0) is 16.2 Å². The first-order chi connectivity index (χ1) is 39.4. The SMILES string of the molecule is COc1ccc(-c2c3ccccc3c(-c3ccc4c(c3)C(C)(C)c3cc(-c5ccc6c(c5)C(C)(C)c5cc(-c7c8ccccc8c(-c8ccc9c(c8)C(C)(C)c8ccccc8-9)c8ccccc78)ccc5-6)ccc3-4)c3ccccc23)cc1. The van der Waals surface area contributed by atoms with E-state index in [-0.39, 0.29) is 16.2 Å². The number of benzene rings is 13. The highest BCUT2D eigenvalue weighted by Gasteiger charge is 2.39. The third kappa shape index (κ3) is 6.73. The predicted molar refractivity (Wildman–Crippen MR) is 343 cm³/mol. The lowest BCUT2D eigenvalue weighted by molar-refractivity contribution is 0.415. The van der Waals surface area contributed by atoms with Gasteiger partial charge in [-0.25, -0.2) is 0 Å². The van der Waals surface area contributed by atoms with Crippen LogP contribution in [0.5, 0.6) is 5.75 Å². The molecule has 0 atom stereocenters. The van der Waals surface area contributed by atoms with Crippen LogP contribution in [0.15, 0.2) is 237 Å². The topological polar surface area (TPSA) is 9.23 Å². The fourth-order valence-corrected chi connectivity index (χ4v) is 15.3. The van der Waals surface area contributed by atoms with Crippen molar-refractivity contribution in [1.82, 2.24) is 0 Å². The Bertz CT molecular complexity index is 4750. The summed E-state index contributed by atoms with van der Waals surface area (Å²) in [6, 6.07) is 89.8. The monoisotopic (exact) mass is 1040 g/mol. The molecule has 1 nitrogen and oxygen atoms in total. The molecular weight excluding hydrogens is 977 g/mol. The van der Waals surface area contributed by atoms with E-state index < -0.39 is 0 Å². The molecule has 0 fully saturated rings. The molecule has 0 spiro atoms. The summed E-state index contributed by atoms with van der Waals surface area (Å²) < 4.78 is 5.56.